The van der Waals surface area contributed by atoms with Gasteiger partial charge in [-0.25, -0.2) is 19.5 Å². The van der Waals surface area contributed by atoms with E-state index in [-0.39, 0.29) is 88.7 Å². The summed E-state index contributed by atoms with van der Waals surface area (Å²) in [7, 11) is -2.92. The van der Waals surface area contributed by atoms with Crippen molar-refractivity contribution in [3.8, 4) is 0 Å². The van der Waals surface area contributed by atoms with Crippen molar-refractivity contribution in [3.63, 3.8) is 0 Å². The van der Waals surface area contributed by atoms with Crippen LogP contribution in [0.5, 0.6) is 0 Å². The Morgan fingerprint density at radius 2 is 1.00 bits per heavy atom. The summed E-state index contributed by atoms with van der Waals surface area (Å²) in [6, 6.07) is 0. The first-order valence-electron chi connectivity index (χ1n) is 2.08. The van der Waals surface area contributed by atoms with Crippen molar-refractivity contribution in [1.82, 2.24) is 0 Å². The molecule has 0 saturated carbocycles. The normalized spacial score (nSPS) is 5.93. The van der Waals surface area contributed by atoms with Crippen LogP contribution in [0.3, 0.4) is 0 Å². The van der Waals surface area contributed by atoms with Gasteiger partial charge in [0.2, 0.25) is 0 Å². The van der Waals surface area contributed by atoms with E-state index in [4.69, 9.17) is 15.1 Å². The van der Waals surface area contributed by atoms with Gasteiger partial charge in [-0.1, -0.05) is 0 Å². The van der Waals surface area contributed by atoms with Gasteiger partial charge in [-0.3, -0.25) is 7.32 Å². The van der Waals surface area contributed by atoms with Crippen molar-refractivity contribution in [2.75, 3.05) is 0 Å². The standard InChI is InChI=1S/C2F2O4.BO3.3Na/c3-7-1(5)2(6)8-4;2-1(3)4;;;/q;-3;3*+1. The molecule has 0 bridgehead atoms. The van der Waals surface area contributed by atoms with Crippen molar-refractivity contribution in [1.29, 1.82) is 0 Å². The van der Waals surface area contributed by atoms with E-state index in [1.807, 2.05) is 0 Å². The first-order chi connectivity index (χ1) is 5.45. The Bertz CT molecular complexity index is 142. The van der Waals surface area contributed by atoms with Crippen LogP contribution in [0.25, 0.3) is 0 Å². The van der Waals surface area contributed by atoms with E-state index in [9.17, 15) is 18.6 Å². The average Bonchev–Trinajstić information content (AvgIpc) is 2.00. The van der Waals surface area contributed by atoms with Gasteiger partial charge in [-0.15, -0.1) is 0 Å². The third kappa shape index (κ3) is 31.3. The van der Waals surface area contributed by atoms with E-state index >= 15 is 0 Å². The fraction of sp³-hybridized carbons (Fsp3) is 0. The Hall–Kier alpha value is 1.74. The van der Waals surface area contributed by atoms with E-state index in [0.29, 0.717) is 0 Å². The van der Waals surface area contributed by atoms with Gasteiger partial charge in [0.1, 0.15) is 0 Å². The van der Waals surface area contributed by atoms with Crippen LogP contribution in [0.15, 0.2) is 0 Å². The van der Waals surface area contributed by atoms with Crippen molar-refractivity contribution < 1.29 is 132 Å². The molecule has 0 radical (unpaired) electrons. The number of rotatable bonds is 0. The summed E-state index contributed by atoms with van der Waals surface area (Å²) >= 11 is 0. The molecule has 0 amide bonds. The molecular weight excluding hydrogens is 254 g/mol. The summed E-state index contributed by atoms with van der Waals surface area (Å²) in [5, 5.41) is 25.2. The van der Waals surface area contributed by atoms with Crippen LogP contribution >= 0.6 is 0 Å². The van der Waals surface area contributed by atoms with Crippen LogP contribution in [0.4, 0.5) is 9.05 Å². The second-order valence-corrected chi connectivity index (χ2v) is 1.02. The van der Waals surface area contributed by atoms with Gasteiger partial charge in [0.15, 0.2) is 0 Å². The van der Waals surface area contributed by atoms with Crippen molar-refractivity contribution in [3.05, 3.63) is 0 Å². The molecule has 0 aromatic heterocycles. The maximum absolute atomic E-state index is 10.5. The first kappa shape index (κ1) is 30.1. The number of hydrogen-bond donors (Lipinski definition) is 0. The van der Waals surface area contributed by atoms with Gasteiger partial charge in [0.25, 0.3) is 0 Å². The zero-order chi connectivity index (χ0) is 10.1. The van der Waals surface area contributed by atoms with Gasteiger partial charge >= 0.3 is 101 Å². The molecule has 0 aliphatic rings. The van der Waals surface area contributed by atoms with Gasteiger partial charge in [-0.05, 0) is 0 Å². The van der Waals surface area contributed by atoms with Crippen LogP contribution in [0.2, 0.25) is 0 Å². The second-order valence-electron chi connectivity index (χ2n) is 1.02. The Labute approximate surface area is 149 Å². The van der Waals surface area contributed by atoms with Crippen molar-refractivity contribution in [2.24, 2.45) is 0 Å². The summed E-state index contributed by atoms with van der Waals surface area (Å²) in [6.07, 6.45) is 0. The van der Waals surface area contributed by atoms with E-state index in [1.54, 1.807) is 0 Å². The monoisotopic (exact) mass is 254 g/mol. The molecule has 7 nitrogen and oxygen atoms in total. The minimum atomic E-state index is -2.92. The first-order valence-corrected chi connectivity index (χ1v) is 2.08. The predicted octanol–water partition coefficient (Wildman–Crippen LogP) is -13.1. The van der Waals surface area contributed by atoms with E-state index in [1.165, 1.54) is 0 Å². The Morgan fingerprint density at radius 3 is 1.07 bits per heavy atom. The largest absolute Gasteiger partial charge is 1.00 e. The Kier molecular flexibility index (Phi) is 42.3. The van der Waals surface area contributed by atoms with E-state index in [2.05, 4.69) is 9.88 Å². The fourth-order valence-electron chi connectivity index (χ4n) is 0.0630. The molecule has 0 aromatic rings. The molecular formula is C2BF2Na3O7. The summed E-state index contributed by atoms with van der Waals surface area (Å²) in [5.74, 6) is -4.04. The number of hydrogen-bond acceptors (Lipinski definition) is 7. The molecule has 0 spiro atoms. The van der Waals surface area contributed by atoms with Crippen LogP contribution in [0.1, 0.15) is 0 Å². The molecule has 0 N–H and O–H groups in total. The summed E-state index contributed by atoms with van der Waals surface area (Å²) < 4.78 is 21.0. The molecule has 0 saturated heterocycles. The zero-order valence-corrected chi connectivity index (χ0v) is 14.2. The zero-order valence-electron chi connectivity index (χ0n) is 8.19. The van der Waals surface area contributed by atoms with Crippen LogP contribution in [0, 0.1) is 0 Å². The van der Waals surface area contributed by atoms with Crippen molar-refractivity contribution in [2.45, 2.75) is 0 Å². The van der Waals surface area contributed by atoms with E-state index in [0.717, 1.165) is 0 Å². The minimum Gasteiger partial charge on any atom is -0.907 e. The molecule has 15 heavy (non-hydrogen) atoms. The molecule has 0 aromatic carbocycles. The minimum absolute atomic E-state index is 0. The number of halogens is 2. The second kappa shape index (κ2) is 21.1. The van der Waals surface area contributed by atoms with Crippen LogP contribution in [-0.2, 0) is 19.5 Å². The third-order valence-corrected chi connectivity index (χ3v) is 0.307. The maximum Gasteiger partial charge on any atom is 1.00 e. The molecule has 0 atom stereocenters. The SMILES string of the molecule is O=C(OF)C(=O)OF.[Na+].[Na+].[Na+].[O-]B([O-])[O-]. The average molecular weight is 254 g/mol. The molecule has 70 valence electrons. The number of carbonyl (C=O) groups excluding carboxylic acids is 2. The predicted molar refractivity (Wildman–Crippen MR) is 20.2 cm³/mol. The fourth-order valence-corrected chi connectivity index (χ4v) is 0.0630. The van der Waals surface area contributed by atoms with Gasteiger partial charge < -0.3 is 15.1 Å². The summed E-state index contributed by atoms with van der Waals surface area (Å²) in [6.45, 7) is 0. The Morgan fingerprint density at radius 1 is 0.867 bits per heavy atom. The third-order valence-electron chi connectivity index (χ3n) is 0.307. The molecule has 0 fully saturated rings. The molecule has 0 unspecified atom stereocenters. The van der Waals surface area contributed by atoms with E-state index < -0.39 is 19.3 Å². The summed E-state index contributed by atoms with van der Waals surface area (Å²) in [5.41, 5.74) is 0. The topological polar surface area (TPSA) is 122 Å². The molecule has 0 aliphatic heterocycles. The number of carbonyl (C=O) groups is 2. The van der Waals surface area contributed by atoms with Gasteiger partial charge in [0.05, 0.1) is 0 Å². The molecule has 0 aliphatic carbocycles. The van der Waals surface area contributed by atoms with Gasteiger partial charge in [0, 0.05) is 9.05 Å². The van der Waals surface area contributed by atoms with Crippen LogP contribution < -0.4 is 104 Å². The molecule has 13 heteroatoms. The summed E-state index contributed by atoms with van der Waals surface area (Å²) in [4.78, 5) is 23.4. The Balaban J connectivity index is -0.0000000424. The molecule has 0 heterocycles. The quantitative estimate of drug-likeness (QED) is 0.310. The maximum atomic E-state index is 10.5. The van der Waals surface area contributed by atoms with Gasteiger partial charge in [-0.2, -0.15) is 0 Å². The molecule has 0 rings (SSSR count). The van der Waals surface area contributed by atoms with Crippen LogP contribution in [-0.4, -0.2) is 19.3 Å². The smallest absolute Gasteiger partial charge is 0.907 e. The van der Waals surface area contributed by atoms with Crippen molar-refractivity contribution >= 4 is 19.3 Å².